The van der Waals surface area contributed by atoms with Crippen molar-refractivity contribution in [3.63, 3.8) is 0 Å². The van der Waals surface area contributed by atoms with Gasteiger partial charge in [0.05, 0.1) is 12.3 Å². The van der Waals surface area contributed by atoms with Crippen LogP contribution < -0.4 is 5.32 Å². The van der Waals surface area contributed by atoms with Gasteiger partial charge in [-0.25, -0.2) is 4.39 Å². The second-order valence-electron chi connectivity index (χ2n) is 2.72. The van der Waals surface area contributed by atoms with E-state index in [0.29, 0.717) is 6.54 Å². The molecule has 72 valence electrons. The van der Waals surface area contributed by atoms with E-state index in [1.54, 1.807) is 0 Å². The van der Waals surface area contributed by atoms with Crippen LogP contribution >= 0.6 is 0 Å². The first-order valence-electron chi connectivity index (χ1n) is 4.24. The monoisotopic (exact) mass is 184 g/mol. The van der Waals surface area contributed by atoms with Crippen molar-refractivity contribution in [3.05, 3.63) is 29.8 Å². The van der Waals surface area contributed by atoms with Gasteiger partial charge < -0.3 is 10.4 Å². The molecule has 0 fully saturated rings. The smallest absolute Gasteiger partial charge is 0.147 e. The summed E-state index contributed by atoms with van der Waals surface area (Å²) in [5, 5.41) is 12.4. The van der Waals surface area contributed by atoms with Crippen molar-refractivity contribution in [2.75, 3.05) is 13.1 Å². The lowest BCUT2D eigenvalue weighted by molar-refractivity contribution is 0.171. The van der Waals surface area contributed by atoms with E-state index in [1.165, 1.54) is 12.3 Å². The third kappa shape index (κ3) is 2.75. The van der Waals surface area contributed by atoms with Crippen LogP contribution in [0.1, 0.15) is 18.6 Å². The minimum absolute atomic E-state index is 0.288. The predicted molar refractivity (Wildman–Crippen MR) is 47.7 cm³/mol. The number of halogens is 1. The molecule has 2 N–H and O–H groups in total. The summed E-state index contributed by atoms with van der Waals surface area (Å²) in [6.07, 6.45) is 1.76. The van der Waals surface area contributed by atoms with Gasteiger partial charge in [-0.2, -0.15) is 0 Å². The van der Waals surface area contributed by atoms with Gasteiger partial charge in [0.15, 0.2) is 0 Å². The van der Waals surface area contributed by atoms with Crippen LogP contribution in [0.5, 0.6) is 0 Å². The summed E-state index contributed by atoms with van der Waals surface area (Å²) >= 11 is 0. The van der Waals surface area contributed by atoms with Gasteiger partial charge in [0.1, 0.15) is 5.82 Å². The van der Waals surface area contributed by atoms with Gasteiger partial charge in [0, 0.05) is 18.3 Å². The first-order chi connectivity index (χ1) is 6.25. The van der Waals surface area contributed by atoms with Crippen molar-refractivity contribution in [1.29, 1.82) is 0 Å². The molecule has 1 atom stereocenters. The molecule has 0 radical (unpaired) electrons. The van der Waals surface area contributed by atoms with Gasteiger partial charge in [-0.15, -0.1) is 0 Å². The van der Waals surface area contributed by atoms with E-state index in [4.69, 9.17) is 0 Å². The minimum Gasteiger partial charge on any atom is -0.387 e. The highest BCUT2D eigenvalue weighted by Crippen LogP contribution is 2.14. The zero-order valence-electron chi connectivity index (χ0n) is 7.50. The minimum atomic E-state index is -0.803. The molecule has 0 bridgehead atoms. The number of nitrogens with one attached hydrogen (secondary N) is 1. The van der Waals surface area contributed by atoms with E-state index in [-0.39, 0.29) is 5.56 Å². The van der Waals surface area contributed by atoms with E-state index in [0.717, 1.165) is 12.7 Å². The third-order valence-electron chi connectivity index (χ3n) is 1.75. The van der Waals surface area contributed by atoms with Crippen LogP contribution in [-0.4, -0.2) is 23.2 Å². The summed E-state index contributed by atoms with van der Waals surface area (Å²) in [7, 11) is 0. The number of aromatic nitrogens is 1. The van der Waals surface area contributed by atoms with Crippen molar-refractivity contribution in [2.24, 2.45) is 0 Å². The predicted octanol–water partition coefficient (Wildman–Crippen LogP) is 0.864. The summed E-state index contributed by atoms with van der Waals surface area (Å²) in [6.45, 7) is 3.04. The average Bonchev–Trinajstić information content (AvgIpc) is 2.15. The summed E-state index contributed by atoms with van der Waals surface area (Å²) in [6, 6.07) is 1.48. The van der Waals surface area contributed by atoms with Crippen molar-refractivity contribution in [2.45, 2.75) is 13.0 Å². The molecule has 0 aliphatic heterocycles. The summed E-state index contributed by atoms with van der Waals surface area (Å²) in [5.41, 5.74) is 0.288. The van der Waals surface area contributed by atoms with E-state index in [2.05, 4.69) is 10.3 Å². The Balaban J connectivity index is 2.65. The number of hydrogen-bond acceptors (Lipinski definition) is 3. The SMILES string of the molecule is CCNCC(O)c1ccncc1F. The summed E-state index contributed by atoms with van der Waals surface area (Å²) in [5.74, 6) is -0.465. The molecule has 4 heteroatoms. The van der Waals surface area contributed by atoms with Gasteiger partial charge >= 0.3 is 0 Å². The maximum Gasteiger partial charge on any atom is 0.147 e. The highest BCUT2D eigenvalue weighted by molar-refractivity contribution is 5.15. The van der Waals surface area contributed by atoms with Crippen molar-refractivity contribution < 1.29 is 9.50 Å². The Morgan fingerprint density at radius 3 is 3.08 bits per heavy atom. The second kappa shape index (κ2) is 4.89. The Morgan fingerprint density at radius 1 is 1.69 bits per heavy atom. The number of aliphatic hydroxyl groups excluding tert-OH is 1. The average molecular weight is 184 g/mol. The highest BCUT2D eigenvalue weighted by atomic mass is 19.1. The van der Waals surface area contributed by atoms with Crippen molar-refractivity contribution in [1.82, 2.24) is 10.3 Å². The maximum atomic E-state index is 13.0. The lowest BCUT2D eigenvalue weighted by Gasteiger charge is -2.11. The molecular formula is C9H13FN2O. The van der Waals surface area contributed by atoms with Crippen LogP contribution in [-0.2, 0) is 0 Å². The van der Waals surface area contributed by atoms with Crippen LogP contribution in [0.15, 0.2) is 18.5 Å². The molecule has 1 heterocycles. The van der Waals surface area contributed by atoms with Gasteiger partial charge in [0.2, 0.25) is 0 Å². The van der Waals surface area contributed by atoms with E-state index >= 15 is 0 Å². The third-order valence-corrected chi connectivity index (χ3v) is 1.75. The lowest BCUT2D eigenvalue weighted by Crippen LogP contribution is -2.21. The Kier molecular flexibility index (Phi) is 3.79. The topological polar surface area (TPSA) is 45.1 Å². The van der Waals surface area contributed by atoms with Crippen LogP contribution in [0.3, 0.4) is 0 Å². The van der Waals surface area contributed by atoms with Gasteiger partial charge in [-0.1, -0.05) is 6.92 Å². The molecule has 0 aliphatic rings. The molecule has 1 aromatic heterocycles. The van der Waals surface area contributed by atoms with E-state index in [1.807, 2.05) is 6.92 Å². The first kappa shape index (κ1) is 10.1. The number of pyridine rings is 1. The molecular weight excluding hydrogens is 171 g/mol. The number of hydrogen-bond donors (Lipinski definition) is 2. The molecule has 3 nitrogen and oxygen atoms in total. The molecule has 0 aliphatic carbocycles. The van der Waals surface area contributed by atoms with Gasteiger partial charge in [-0.05, 0) is 12.6 Å². The van der Waals surface area contributed by atoms with E-state index in [9.17, 15) is 9.50 Å². The largest absolute Gasteiger partial charge is 0.387 e. The van der Waals surface area contributed by atoms with Crippen molar-refractivity contribution in [3.8, 4) is 0 Å². The molecule has 1 aromatic rings. The number of rotatable bonds is 4. The molecule has 0 aromatic carbocycles. The molecule has 13 heavy (non-hydrogen) atoms. The normalized spacial score (nSPS) is 12.8. The second-order valence-corrected chi connectivity index (χ2v) is 2.72. The highest BCUT2D eigenvalue weighted by Gasteiger charge is 2.10. The summed E-state index contributed by atoms with van der Waals surface area (Å²) in [4.78, 5) is 3.60. The van der Waals surface area contributed by atoms with Crippen LogP contribution in [0.4, 0.5) is 4.39 Å². The lowest BCUT2D eigenvalue weighted by atomic mass is 10.1. The number of aliphatic hydroxyl groups is 1. The zero-order chi connectivity index (χ0) is 9.68. The zero-order valence-corrected chi connectivity index (χ0v) is 7.50. The standard InChI is InChI=1S/C9H13FN2O/c1-2-11-6-9(13)7-3-4-12-5-8(7)10/h3-5,9,11,13H,2,6H2,1H3. The van der Waals surface area contributed by atoms with Crippen LogP contribution in [0, 0.1) is 5.82 Å². The molecule has 0 saturated carbocycles. The fourth-order valence-corrected chi connectivity index (χ4v) is 1.05. The molecule has 1 unspecified atom stereocenters. The fraction of sp³-hybridized carbons (Fsp3) is 0.444. The van der Waals surface area contributed by atoms with Gasteiger partial charge in [-0.3, -0.25) is 4.98 Å². The van der Waals surface area contributed by atoms with Crippen LogP contribution in [0.25, 0.3) is 0 Å². The Bertz CT molecular complexity index is 268. The number of likely N-dealkylation sites (N-methyl/N-ethyl adjacent to an activating group) is 1. The van der Waals surface area contributed by atoms with Crippen LogP contribution in [0.2, 0.25) is 0 Å². The fourth-order valence-electron chi connectivity index (χ4n) is 1.05. The molecule has 0 amide bonds. The maximum absolute atomic E-state index is 13.0. The Labute approximate surface area is 76.6 Å². The summed E-state index contributed by atoms with van der Waals surface area (Å²) < 4.78 is 13.0. The Morgan fingerprint density at radius 2 is 2.46 bits per heavy atom. The molecule has 0 spiro atoms. The number of nitrogens with zero attached hydrogens (tertiary/aromatic N) is 1. The van der Waals surface area contributed by atoms with Crippen molar-refractivity contribution >= 4 is 0 Å². The molecule has 0 saturated heterocycles. The quantitative estimate of drug-likeness (QED) is 0.729. The molecule has 1 rings (SSSR count). The first-order valence-corrected chi connectivity index (χ1v) is 4.24. The Hall–Kier alpha value is -1.00. The van der Waals surface area contributed by atoms with E-state index < -0.39 is 11.9 Å². The van der Waals surface area contributed by atoms with Gasteiger partial charge in [0.25, 0.3) is 0 Å².